The Hall–Kier alpha value is -2.57. The second kappa shape index (κ2) is 6.63. The highest BCUT2D eigenvalue weighted by atomic mass is 19.1. The highest BCUT2D eigenvalue weighted by molar-refractivity contribution is 6.21. The van der Waals surface area contributed by atoms with Crippen molar-refractivity contribution in [2.75, 3.05) is 19.8 Å². The van der Waals surface area contributed by atoms with E-state index in [4.69, 9.17) is 9.47 Å². The summed E-state index contributed by atoms with van der Waals surface area (Å²) in [6.45, 7) is 1.18. The van der Waals surface area contributed by atoms with E-state index in [0.29, 0.717) is 37.2 Å². The minimum absolute atomic E-state index is 0.269. The van der Waals surface area contributed by atoms with Crippen LogP contribution >= 0.6 is 0 Å². The van der Waals surface area contributed by atoms with Gasteiger partial charge in [0.25, 0.3) is 11.8 Å². The zero-order valence-corrected chi connectivity index (χ0v) is 14.1. The Bertz CT molecular complexity index is 808. The number of nitrogens with zero attached hydrogens (tertiary/aromatic N) is 1. The molecule has 1 fully saturated rings. The zero-order valence-electron chi connectivity index (χ0n) is 14.1. The van der Waals surface area contributed by atoms with E-state index in [-0.39, 0.29) is 24.2 Å². The van der Waals surface area contributed by atoms with Crippen LogP contribution in [0.5, 0.6) is 0 Å². The molecule has 26 heavy (non-hydrogen) atoms. The van der Waals surface area contributed by atoms with Gasteiger partial charge in [0.05, 0.1) is 24.3 Å². The topological polar surface area (TPSA) is 55.8 Å². The van der Waals surface area contributed by atoms with Gasteiger partial charge in [-0.2, -0.15) is 0 Å². The number of fused-ring (bicyclic) bond motifs is 1. The van der Waals surface area contributed by atoms with Crippen LogP contribution < -0.4 is 0 Å². The number of carbonyl (C=O) groups excluding carboxylic acids is 2. The number of carbonyl (C=O) groups is 2. The van der Waals surface area contributed by atoms with E-state index < -0.39 is 5.79 Å². The lowest BCUT2D eigenvalue weighted by Crippen LogP contribution is -2.33. The van der Waals surface area contributed by atoms with E-state index in [0.717, 1.165) is 5.56 Å². The number of imide groups is 1. The molecule has 2 aromatic rings. The molecule has 2 aliphatic heterocycles. The summed E-state index contributed by atoms with van der Waals surface area (Å²) >= 11 is 0. The third-order valence-corrected chi connectivity index (χ3v) is 4.80. The summed E-state index contributed by atoms with van der Waals surface area (Å²) in [4.78, 5) is 26.1. The van der Waals surface area contributed by atoms with Crippen molar-refractivity contribution in [1.82, 2.24) is 4.90 Å². The fraction of sp³-hybridized carbons (Fsp3) is 0.300. The number of ether oxygens (including phenoxy) is 2. The first-order chi connectivity index (χ1) is 12.6. The van der Waals surface area contributed by atoms with Crippen LogP contribution in [0.25, 0.3) is 0 Å². The zero-order chi connectivity index (χ0) is 18.1. The second-order valence-electron chi connectivity index (χ2n) is 6.37. The molecule has 1 saturated heterocycles. The van der Waals surface area contributed by atoms with Gasteiger partial charge in [0, 0.05) is 18.5 Å². The van der Waals surface area contributed by atoms with Crippen molar-refractivity contribution < 1.29 is 23.5 Å². The van der Waals surface area contributed by atoms with E-state index in [1.165, 1.54) is 17.0 Å². The molecule has 0 saturated carbocycles. The van der Waals surface area contributed by atoms with Crippen molar-refractivity contribution in [3.8, 4) is 0 Å². The van der Waals surface area contributed by atoms with Gasteiger partial charge in [0.15, 0.2) is 5.79 Å². The smallest absolute Gasteiger partial charge is 0.261 e. The number of hydrogen-bond donors (Lipinski definition) is 0. The lowest BCUT2D eigenvalue weighted by molar-refractivity contribution is -0.171. The van der Waals surface area contributed by atoms with Crippen molar-refractivity contribution in [2.45, 2.75) is 18.6 Å². The molecule has 0 unspecified atom stereocenters. The highest BCUT2D eigenvalue weighted by Crippen LogP contribution is 2.36. The maximum atomic E-state index is 13.2. The van der Waals surface area contributed by atoms with Gasteiger partial charge >= 0.3 is 0 Å². The van der Waals surface area contributed by atoms with E-state index >= 15 is 0 Å². The average molecular weight is 355 g/mol. The second-order valence-corrected chi connectivity index (χ2v) is 6.37. The minimum atomic E-state index is -0.952. The molecule has 2 aromatic carbocycles. The summed E-state index contributed by atoms with van der Waals surface area (Å²) in [7, 11) is 0. The van der Waals surface area contributed by atoms with Gasteiger partial charge in [-0.05, 0) is 30.7 Å². The van der Waals surface area contributed by atoms with Crippen LogP contribution in [-0.2, 0) is 15.3 Å². The summed E-state index contributed by atoms with van der Waals surface area (Å²) in [5, 5.41) is 0. The Morgan fingerprint density at radius 3 is 2.08 bits per heavy atom. The molecule has 0 radical (unpaired) electrons. The Morgan fingerprint density at radius 2 is 1.50 bits per heavy atom. The van der Waals surface area contributed by atoms with Gasteiger partial charge in [-0.3, -0.25) is 14.5 Å². The van der Waals surface area contributed by atoms with Crippen LogP contribution in [0.3, 0.4) is 0 Å². The van der Waals surface area contributed by atoms with Gasteiger partial charge in [-0.25, -0.2) is 4.39 Å². The van der Waals surface area contributed by atoms with Crippen LogP contribution in [0.15, 0.2) is 48.5 Å². The standard InChI is InChI=1S/C20H18FNO4/c21-15-8-6-14(7-9-15)20(25-12-13-26-20)10-3-11-22-18(23)16-4-1-2-5-17(16)19(22)24/h1-2,4-9H,3,10-13H2. The first-order valence-electron chi connectivity index (χ1n) is 8.60. The molecule has 0 spiro atoms. The molecule has 0 N–H and O–H groups in total. The molecule has 5 nitrogen and oxygen atoms in total. The number of amides is 2. The first-order valence-corrected chi connectivity index (χ1v) is 8.60. The van der Waals surface area contributed by atoms with Gasteiger partial charge < -0.3 is 9.47 Å². The summed E-state index contributed by atoms with van der Waals surface area (Å²) in [5.74, 6) is -1.82. The number of hydrogen-bond acceptors (Lipinski definition) is 4. The van der Waals surface area contributed by atoms with Gasteiger partial charge in [0.2, 0.25) is 0 Å². The van der Waals surface area contributed by atoms with Gasteiger partial charge in [-0.1, -0.05) is 24.3 Å². The molecule has 0 aliphatic carbocycles. The third-order valence-electron chi connectivity index (χ3n) is 4.80. The van der Waals surface area contributed by atoms with E-state index in [9.17, 15) is 14.0 Å². The van der Waals surface area contributed by atoms with E-state index in [1.54, 1.807) is 36.4 Å². The van der Waals surface area contributed by atoms with Crippen LogP contribution in [0, 0.1) is 5.82 Å². The largest absolute Gasteiger partial charge is 0.343 e. The molecule has 2 amide bonds. The van der Waals surface area contributed by atoms with Gasteiger partial charge in [0.1, 0.15) is 5.82 Å². The molecule has 2 aliphatic rings. The molecule has 0 bridgehead atoms. The Labute approximate surface area is 150 Å². The predicted octanol–water partition coefficient (Wildman–Crippen LogP) is 3.10. The average Bonchev–Trinajstić information content (AvgIpc) is 3.23. The van der Waals surface area contributed by atoms with E-state index in [2.05, 4.69) is 0 Å². The van der Waals surface area contributed by atoms with Crippen LogP contribution in [-0.4, -0.2) is 36.5 Å². The summed E-state index contributed by atoms with van der Waals surface area (Å²) < 4.78 is 24.8. The SMILES string of the molecule is O=C1c2ccccc2C(=O)N1CCCC1(c2ccc(F)cc2)OCCO1. The first kappa shape index (κ1) is 16.9. The summed E-state index contributed by atoms with van der Waals surface area (Å²) in [6.07, 6.45) is 0.981. The monoisotopic (exact) mass is 355 g/mol. The molecular formula is C20H18FNO4. The quantitative estimate of drug-likeness (QED) is 0.774. The van der Waals surface area contributed by atoms with Crippen molar-refractivity contribution in [1.29, 1.82) is 0 Å². The number of rotatable bonds is 5. The molecule has 2 heterocycles. The fourth-order valence-corrected chi connectivity index (χ4v) is 3.53. The minimum Gasteiger partial charge on any atom is -0.343 e. The summed E-state index contributed by atoms with van der Waals surface area (Å²) in [5.41, 5.74) is 1.62. The maximum Gasteiger partial charge on any atom is 0.261 e. The molecule has 0 aromatic heterocycles. The van der Waals surface area contributed by atoms with Crippen LogP contribution in [0.2, 0.25) is 0 Å². The van der Waals surface area contributed by atoms with Crippen molar-refractivity contribution in [3.63, 3.8) is 0 Å². The van der Waals surface area contributed by atoms with Crippen LogP contribution in [0.4, 0.5) is 4.39 Å². The molecule has 6 heteroatoms. The number of benzene rings is 2. The Morgan fingerprint density at radius 1 is 0.923 bits per heavy atom. The predicted molar refractivity (Wildman–Crippen MR) is 91.0 cm³/mol. The lowest BCUT2D eigenvalue weighted by Gasteiger charge is -2.28. The Balaban J connectivity index is 1.46. The van der Waals surface area contributed by atoms with Crippen LogP contribution in [0.1, 0.15) is 39.1 Å². The lowest BCUT2D eigenvalue weighted by atomic mass is 10.0. The van der Waals surface area contributed by atoms with Crippen molar-refractivity contribution >= 4 is 11.8 Å². The summed E-state index contributed by atoms with van der Waals surface area (Å²) in [6, 6.07) is 12.8. The normalized spacial score (nSPS) is 18.4. The van der Waals surface area contributed by atoms with Crippen molar-refractivity contribution in [3.05, 3.63) is 71.0 Å². The number of halogens is 1. The van der Waals surface area contributed by atoms with Gasteiger partial charge in [-0.15, -0.1) is 0 Å². The van der Waals surface area contributed by atoms with Crippen molar-refractivity contribution in [2.24, 2.45) is 0 Å². The molecule has 134 valence electrons. The molecule has 4 rings (SSSR count). The third kappa shape index (κ3) is 2.81. The fourth-order valence-electron chi connectivity index (χ4n) is 3.53. The molecule has 0 atom stereocenters. The van der Waals surface area contributed by atoms with E-state index in [1.807, 2.05) is 0 Å². The maximum absolute atomic E-state index is 13.2. The molecular weight excluding hydrogens is 337 g/mol. The highest BCUT2D eigenvalue weighted by Gasteiger charge is 2.40. The Kier molecular flexibility index (Phi) is 4.30.